The maximum atomic E-state index is 12.2. The fourth-order valence-electron chi connectivity index (χ4n) is 3.57. The minimum Gasteiger partial charge on any atom is -0.465 e. The fraction of sp³-hybridized carbons (Fsp3) is 0.708. The number of nitrogens with zero attached hydrogens (tertiary/aromatic N) is 4. The molecule has 4 N–H and O–H groups in total. The number of carbonyl (C=O) groups is 2. The lowest BCUT2D eigenvalue weighted by molar-refractivity contribution is -0.149. The van der Waals surface area contributed by atoms with Gasteiger partial charge in [0.15, 0.2) is 5.65 Å². The molecule has 2 heterocycles. The molecule has 0 aliphatic carbocycles. The van der Waals surface area contributed by atoms with Crippen molar-refractivity contribution in [1.82, 2.24) is 19.5 Å². The third kappa shape index (κ3) is 8.89. The number of hydrogen-bond acceptors (Lipinski definition) is 9. The Kier molecular flexibility index (Phi) is 11.7. The van der Waals surface area contributed by atoms with Crippen LogP contribution in [0.2, 0.25) is 0 Å². The highest BCUT2D eigenvalue weighted by molar-refractivity contribution is 5.75. The molecular formula is C24H40N6O4. The van der Waals surface area contributed by atoms with Crippen molar-refractivity contribution in [2.45, 2.75) is 84.7 Å². The van der Waals surface area contributed by atoms with Gasteiger partial charge in [-0.15, -0.1) is 0 Å². The number of imidazole rings is 1. The van der Waals surface area contributed by atoms with E-state index in [1.807, 2.05) is 18.4 Å². The first kappa shape index (κ1) is 27.5. The monoisotopic (exact) mass is 476 g/mol. The Balaban J connectivity index is 1.95. The van der Waals surface area contributed by atoms with Crippen molar-refractivity contribution in [3.8, 4) is 0 Å². The van der Waals surface area contributed by atoms with Gasteiger partial charge in [0.1, 0.15) is 11.6 Å². The fourth-order valence-corrected chi connectivity index (χ4v) is 3.57. The molecule has 0 bridgehead atoms. The Labute approximate surface area is 201 Å². The summed E-state index contributed by atoms with van der Waals surface area (Å²) in [5.74, 6) is -0.521. The van der Waals surface area contributed by atoms with E-state index in [9.17, 15) is 9.59 Å². The molecule has 190 valence electrons. The third-order valence-electron chi connectivity index (χ3n) is 6.10. The minimum absolute atomic E-state index is 0.0454. The molecule has 1 unspecified atom stereocenters. The Hall–Kier alpha value is -2.75. The van der Waals surface area contributed by atoms with Gasteiger partial charge in [-0.3, -0.25) is 9.59 Å². The third-order valence-corrected chi connectivity index (χ3v) is 6.10. The lowest BCUT2D eigenvalue weighted by Gasteiger charge is -2.20. The highest BCUT2D eigenvalue weighted by Gasteiger charge is 2.22. The molecule has 0 saturated carbocycles. The van der Waals surface area contributed by atoms with E-state index in [1.54, 1.807) is 12.5 Å². The molecule has 10 nitrogen and oxygen atoms in total. The molecule has 3 atom stereocenters. The van der Waals surface area contributed by atoms with Crippen LogP contribution in [0.5, 0.6) is 0 Å². The molecule has 34 heavy (non-hydrogen) atoms. The van der Waals surface area contributed by atoms with Crippen molar-refractivity contribution >= 4 is 29.1 Å². The van der Waals surface area contributed by atoms with Crippen molar-refractivity contribution in [3.05, 3.63) is 12.5 Å². The number of nitrogens with two attached hydrogens (primary N) is 2. The minimum atomic E-state index is -0.647. The summed E-state index contributed by atoms with van der Waals surface area (Å²) in [6.45, 7) is 6.94. The van der Waals surface area contributed by atoms with Gasteiger partial charge >= 0.3 is 11.9 Å². The van der Waals surface area contributed by atoms with E-state index >= 15 is 0 Å². The molecule has 10 heteroatoms. The van der Waals surface area contributed by atoms with E-state index in [2.05, 4.69) is 21.9 Å². The second-order valence-electron chi connectivity index (χ2n) is 8.91. The summed E-state index contributed by atoms with van der Waals surface area (Å²) in [4.78, 5) is 37.0. The molecule has 0 spiro atoms. The van der Waals surface area contributed by atoms with Crippen LogP contribution in [0.1, 0.15) is 72.1 Å². The van der Waals surface area contributed by atoms with Gasteiger partial charge in [0.25, 0.3) is 0 Å². The van der Waals surface area contributed by atoms with Crippen molar-refractivity contribution in [1.29, 1.82) is 0 Å². The van der Waals surface area contributed by atoms with E-state index in [0.717, 1.165) is 25.7 Å². The molecule has 2 aromatic heterocycles. The lowest BCUT2D eigenvalue weighted by atomic mass is 10.0. The van der Waals surface area contributed by atoms with E-state index in [-0.39, 0.29) is 37.0 Å². The van der Waals surface area contributed by atoms with Gasteiger partial charge < -0.3 is 25.5 Å². The smallest absolute Gasteiger partial charge is 0.323 e. The number of aromatic nitrogens is 4. The van der Waals surface area contributed by atoms with Crippen LogP contribution in [-0.2, 0) is 25.6 Å². The number of fused-ring (bicyclic) bond motifs is 1. The summed E-state index contributed by atoms with van der Waals surface area (Å²) >= 11 is 0. The van der Waals surface area contributed by atoms with Gasteiger partial charge in [0.05, 0.1) is 25.7 Å². The first-order valence-corrected chi connectivity index (χ1v) is 12.4. The summed E-state index contributed by atoms with van der Waals surface area (Å²) in [5.41, 5.74) is 12.9. The van der Waals surface area contributed by atoms with Crippen LogP contribution in [0.25, 0.3) is 11.2 Å². The second kappa shape index (κ2) is 14.5. The van der Waals surface area contributed by atoms with Gasteiger partial charge in [-0.25, -0.2) is 9.97 Å². The number of anilines is 1. The number of rotatable bonds is 16. The average molecular weight is 477 g/mol. The molecule has 0 saturated heterocycles. The zero-order chi connectivity index (χ0) is 24.9. The van der Waals surface area contributed by atoms with Crippen LogP contribution in [0.3, 0.4) is 0 Å². The maximum absolute atomic E-state index is 12.2. The Morgan fingerprint density at radius 3 is 2.62 bits per heavy atom. The Morgan fingerprint density at radius 2 is 1.88 bits per heavy atom. The van der Waals surface area contributed by atoms with Crippen LogP contribution >= 0.6 is 0 Å². The molecule has 2 aromatic rings. The van der Waals surface area contributed by atoms with E-state index < -0.39 is 12.0 Å². The van der Waals surface area contributed by atoms with Gasteiger partial charge in [0.2, 0.25) is 5.95 Å². The van der Waals surface area contributed by atoms with Gasteiger partial charge in [-0.2, -0.15) is 4.98 Å². The van der Waals surface area contributed by atoms with Crippen LogP contribution in [0.15, 0.2) is 12.5 Å². The molecule has 0 aliphatic heterocycles. The standard InChI is InChI=1S/C24H40N6O4/c1-4-6-7-8-9-10-20(31)34-15-18(11-12-33-23(32)21(25)17(3)5-2)14-30-16-28-19-13-27-24(26)29-22(19)30/h13,16-18,21H,4-12,14-15,25H2,1-3H3,(H2,26,27,29)/t17?,18-,21+/m1/s1. The topological polar surface area (TPSA) is 148 Å². The van der Waals surface area contributed by atoms with Crippen LogP contribution in [0.4, 0.5) is 5.95 Å². The predicted octanol–water partition coefficient (Wildman–Crippen LogP) is 3.24. The summed E-state index contributed by atoms with van der Waals surface area (Å²) in [7, 11) is 0. The van der Waals surface area contributed by atoms with E-state index in [4.69, 9.17) is 20.9 Å². The van der Waals surface area contributed by atoms with Crippen molar-refractivity contribution in [2.75, 3.05) is 18.9 Å². The maximum Gasteiger partial charge on any atom is 0.323 e. The summed E-state index contributed by atoms with van der Waals surface area (Å²) in [6, 6.07) is -0.647. The summed E-state index contributed by atoms with van der Waals surface area (Å²) in [5, 5.41) is 0. The Morgan fingerprint density at radius 1 is 1.12 bits per heavy atom. The van der Waals surface area contributed by atoms with Crippen molar-refractivity contribution in [3.63, 3.8) is 0 Å². The van der Waals surface area contributed by atoms with Gasteiger partial charge in [-0.1, -0.05) is 52.9 Å². The average Bonchev–Trinajstić information content (AvgIpc) is 3.22. The van der Waals surface area contributed by atoms with Gasteiger partial charge in [-0.05, 0) is 18.8 Å². The van der Waals surface area contributed by atoms with Crippen LogP contribution in [-0.4, -0.2) is 50.7 Å². The number of nitrogen functional groups attached to an aromatic ring is 1. The normalized spacial score (nSPS) is 14.0. The highest BCUT2D eigenvalue weighted by Crippen LogP contribution is 2.16. The second-order valence-corrected chi connectivity index (χ2v) is 8.91. The molecule has 0 amide bonds. The number of ether oxygens (including phenoxy) is 2. The zero-order valence-electron chi connectivity index (χ0n) is 20.7. The first-order chi connectivity index (χ1) is 16.3. The van der Waals surface area contributed by atoms with Crippen LogP contribution < -0.4 is 11.5 Å². The molecular weight excluding hydrogens is 436 g/mol. The van der Waals surface area contributed by atoms with E-state index in [0.29, 0.717) is 30.6 Å². The molecule has 2 rings (SSSR count). The lowest BCUT2D eigenvalue weighted by Crippen LogP contribution is -2.38. The van der Waals surface area contributed by atoms with Crippen LogP contribution in [0, 0.1) is 11.8 Å². The number of esters is 2. The summed E-state index contributed by atoms with van der Waals surface area (Å²) in [6.07, 6.45) is 10.3. The van der Waals surface area contributed by atoms with Crippen molar-refractivity contribution in [2.24, 2.45) is 17.6 Å². The first-order valence-electron chi connectivity index (χ1n) is 12.4. The number of hydrogen-bond donors (Lipinski definition) is 2. The summed E-state index contributed by atoms with van der Waals surface area (Å²) < 4.78 is 12.8. The SMILES string of the molecule is CCCCCCCC(=O)OC[C@H](CCOC(=O)[C@@H](N)C(C)CC)Cn1cnc2cnc(N)nc21. The molecule has 0 aliphatic rings. The van der Waals surface area contributed by atoms with Crippen molar-refractivity contribution < 1.29 is 19.1 Å². The number of unbranched alkanes of at least 4 members (excludes halogenated alkanes) is 4. The molecule has 0 radical (unpaired) electrons. The predicted molar refractivity (Wildman–Crippen MR) is 131 cm³/mol. The zero-order valence-corrected chi connectivity index (χ0v) is 20.7. The van der Waals surface area contributed by atoms with E-state index in [1.165, 1.54) is 12.8 Å². The highest BCUT2D eigenvalue weighted by atomic mass is 16.5. The quantitative estimate of drug-likeness (QED) is 0.275. The van der Waals surface area contributed by atoms with Gasteiger partial charge in [0, 0.05) is 18.9 Å². The number of carbonyl (C=O) groups excluding carboxylic acids is 2. The Bertz CT molecular complexity index is 903. The molecule has 0 fully saturated rings. The largest absolute Gasteiger partial charge is 0.465 e. The molecule has 0 aromatic carbocycles.